The van der Waals surface area contributed by atoms with Crippen molar-refractivity contribution in [2.75, 3.05) is 4.90 Å². The van der Waals surface area contributed by atoms with Gasteiger partial charge in [-0.25, -0.2) is 0 Å². The summed E-state index contributed by atoms with van der Waals surface area (Å²) in [5.74, 6) is 0. The molecule has 52 heavy (non-hydrogen) atoms. The summed E-state index contributed by atoms with van der Waals surface area (Å²) in [4.78, 5) is 1.90. The number of nitrogens with zero attached hydrogens (tertiary/aromatic N) is 1. The average Bonchev–Trinajstić information content (AvgIpc) is 3.65. The number of furan rings is 1. The van der Waals surface area contributed by atoms with Crippen molar-refractivity contribution in [1.82, 2.24) is 0 Å². The summed E-state index contributed by atoms with van der Waals surface area (Å²) >= 11 is 0. The van der Waals surface area contributed by atoms with Crippen LogP contribution in [0.1, 0.15) is 5.48 Å². The zero-order valence-electron chi connectivity index (χ0n) is 32.1. The van der Waals surface area contributed by atoms with Crippen molar-refractivity contribution >= 4 is 60.5 Å². The summed E-state index contributed by atoms with van der Waals surface area (Å²) < 4.78 is 44.4. The molecule has 9 aromatic carbocycles. The van der Waals surface area contributed by atoms with Crippen LogP contribution in [0.4, 0.5) is 17.1 Å². The van der Waals surface area contributed by atoms with E-state index in [0.717, 1.165) is 65.7 Å². The lowest BCUT2D eigenvalue weighted by Gasteiger charge is -2.28. The topological polar surface area (TPSA) is 16.4 Å². The van der Waals surface area contributed by atoms with Gasteiger partial charge in [0, 0.05) is 33.1 Å². The van der Waals surface area contributed by atoms with Gasteiger partial charge in [0.1, 0.15) is 11.2 Å². The minimum Gasteiger partial charge on any atom is -0.455 e. The molecule has 0 fully saturated rings. The molecule has 0 atom stereocenters. The van der Waals surface area contributed by atoms with Gasteiger partial charge in [0.15, 0.2) is 0 Å². The molecule has 0 saturated heterocycles. The smallest absolute Gasteiger partial charge is 0.143 e. The van der Waals surface area contributed by atoms with Gasteiger partial charge in [0.2, 0.25) is 0 Å². The molecule has 0 bridgehead atoms. The zero-order chi connectivity index (χ0) is 37.9. The molecule has 10 rings (SSSR count). The number of hydrogen-bond acceptors (Lipinski definition) is 2. The first-order valence-electron chi connectivity index (χ1n) is 19.4. The van der Waals surface area contributed by atoms with E-state index in [0.29, 0.717) is 16.9 Å². The van der Waals surface area contributed by atoms with E-state index >= 15 is 0 Å². The third-order valence-electron chi connectivity index (χ3n) is 9.93. The van der Waals surface area contributed by atoms with Crippen LogP contribution >= 0.6 is 0 Å². The Kier molecular flexibility index (Phi) is 6.22. The van der Waals surface area contributed by atoms with E-state index in [-0.39, 0.29) is 35.4 Å². The van der Waals surface area contributed by atoms with Gasteiger partial charge in [0.05, 0.1) is 11.2 Å². The van der Waals surface area contributed by atoms with E-state index in [4.69, 9.17) is 4.42 Å². The van der Waals surface area contributed by atoms with Crippen molar-refractivity contribution in [3.63, 3.8) is 0 Å². The Morgan fingerprint density at radius 1 is 0.404 bits per heavy atom. The summed E-state index contributed by atoms with van der Waals surface area (Å²) in [5.41, 5.74) is 7.85. The van der Waals surface area contributed by atoms with Gasteiger partial charge in [0.25, 0.3) is 0 Å². The molecule has 2 nitrogen and oxygen atoms in total. The number of para-hydroxylation sites is 1. The van der Waals surface area contributed by atoms with E-state index in [1.54, 1.807) is 0 Å². The van der Waals surface area contributed by atoms with Gasteiger partial charge in [-0.2, -0.15) is 0 Å². The Hall–Kier alpha value is -6.90. The van der Waals surface area contributed by atoms with E-state index in [9.17, 15) is 5.48 Å². The van der Waals surface area contributed by atoms with Crippen molar-refractivity contribution in [3.8, 4) is 33.4 Å². The second-order valence-electron chi connectivity index (χ2n) is 13.0. The van der Waals surface area contributed by atoms with Crippen LogP contribution in [-0.2, 0) is 0 Å². The minimum absolute atomic E-state index is 0.102. The molecule has 0 aliphatic carbocycles. The number of rotatable bonds is 6. The van der Waals surface area contributed by atoms with Gasteiger partial charge in [-0.1, -0.05) is 158 Å². The lowest BCUT2D eigenvalue weighted by atomic mass is 9.95. The number of hydrogen-bond donors (Lipinski definition) is 0. The molecule has 0 spiro atoms. The molecule has 0 unspecified atom stereocenters. The largest absolute Gasteiger partial charge is 0.455 e. The second kappa shape index (κ2) is 12.5. The Morgan fingerprint density at radius 2 is 1.04 bits per heavy atom. The third-order valence-corrected chi connectivity index (χ3v) is 9.93. The maximum absolute atomic E-state index is 9.60. The summed E-state index contributed by atoms with van der Waals surface area (Å²) in [6.45, 7) is 0. The molecule has 0 N–H and O–H groups in total. The maximum atomic E-state index is 9.60. The average molecular weight is 668 g/mol. The monoisotopic (exact) mass is 667 g/mol. The lowest BCUT2D eigenvalue weighted by molar-refractivity contribution is 0.673. The normalized spacial score (nSPS) is 12.5. The Morgan fingerprint density at radius 3 is 1.90 bits per heavy atom. The van der Waals surface area contributed by atoms with Gasteiger partial charge >= 0.3 is 0 Å². The summed E-state index contributed by atoms with van der Waals surface area (Å²) in [7, 11) is 0. The van der Waals surface area contributed by atoms with Crippen molar-refractivity contribution < 1.29 is 9.90 Å². The molecular weight excluding hydrogens is 631 g/mol. The summed E-state index contributed by atoms with van der Waals surface area (Å²) in [6, 6.07) is 58.0. The first-order chi connectivity index (χ1) is 27.5. The van der Waals surface area contributed by atoms with Crippen molar-refractivity contribution in [3.05, 3.63) is 200 Å². The van der Waals surface area contributed by atoms with E-state index in [2.05, 4.69) is 78.9 Å². The molecule has 2 heteroatoms. The highest BCUT2D eigenvalue weighted by Gasteiger charge is 2.21. The van der Waals surface area contributed by atoms with Crippen LogP contribution in [0.2, 0.25) is 0 Å². The first-order valence-corrected chi connectivity index (χ1v) is 17.4. The highest BCUT2D eigenvalue weighted by molar-refractivity contribution is 6.19. The highest BCUT2D eigenvalue weighted by atomic mass is 16.3. The molecule has 0 amide bonds. The number of fused-ring (bicyclic) bond motifs is 6. The summed E-state index contributed by atoms with van der Waals surface area (Å²) in [5, 5.41) is 6.33. The van der Waals surface area contributed by atoms with E-state index < -0.39 is 0 Å². The van der Waals surface area contributed by atoms with Crippen LogP contribution in [-0.4, -0.2) is 0 Å². The molecule has 0 aliphatic heterocycles. The Balaban J connectivity index is 1.26. The fourth-order valence-corrected chi connectivity index (χ4v) is 7.52. The SMILES string of the molecule is [2H]c1c([2H])c(N(c2cccc(-c3cccc4ccccc34)c2)c2ccccc2-c2cccc3oc4c5ccccc5ccc4c23)c([2H])c([2H])c1-c1ccccc1. The molecular formula is C50H33NO. The van der Waals surface area contributed by atoms with Crippen molar-refractivity contribution in [2.45, 2.75) is 0 Å². The van der Waals surface area contributed by atoms with Crippen LogP contribution in [0.25, 0.3) is 76.9 Å². The van der Waals surface area contributed by atoms with Crippen LogP contribution in [0.15, 0.2) is 205 Å². The van der Waals surface area contributed by atoms with Crippen LogP contribution in [0, 0.1) is 0 Å². The van der Waals surface area contributed by atoms with E-state index in [1.165, 1.54) is 0 Å². The molecule has 1 aromatic heterocycles. The van der Waals surface area contributed by atoms with Gasteiger partial charge in [-0.05, 0) is 86.4 Å². The predicted molar refractivity (Wildman–Crippen MR) is 220 cm³/mol. The standard InChI is InChI=1S/C50H33NO/c1-2-13-34(14-3-1)35-27-30-39(31-28-35)51(40-19-10-18-38(33-40)42-23-11-17-36-15-4-6-20-41(36)42)47-25-9-8-22-44(47)45-24-12-26-48-49(45)46-32-29-37-16-5-7-21-43(37)50(46)52-48/h1-33H/i27D,28D,30D,31D. The van der Waals surface area contributed by atoms with Gasteiger partial charge in [-0.15, -0.1) is 0 Å². The molecule has 10 aromatic rings. The Labute approximate surface area is 308 Å². The molecule has 0 aliphatic rings. The zero-order valence-corrected chi connectivity index (χ0v) is 28.1. The number of benzene rings is 9. The van der Waals surface area contributed by atoms with Crippen molar-refractivity contribution in [1.29, 1.82) is 0 Å². The lowest BCUT2D eigenvalue weighted by Crippen LogP contribution is -2.11. The number of anilines is 3. The maximum Gasteiger partial charge on any atom is 0.143 e. The molecule has 0 saturated carbocycles. The fourth-order valence-electron chi connectivity index (χ4n) is 7.52. The third kappa shape index (κ3) is 5.04. The van der Waals surface area contributed by atoms with Gasteiger partial charge in [-0.3, -0.25) is 0 Å². The van der Waals surface area contributed by atoms with Crippen molar-refractivity contribution in [2.24, 2.45) is 0 Å². The molecule has 1 heterocycles. The molecule has 244 valence electrons. The quantitative estimate of drug-likeness (QED) is 0.175. The minimum atomic E-state index is -0.131. The Bertz CT molecular complexity index is 3120. The van der Waals surface area contributed by atoms with Gasteiger partial charge < -0.3 is 9.32 Å². The second-order valence-corrected chi connectivity index (χ2v) is 13.0. The molecule has 0 radical (unpaired) electrons. The van der Waals surface area contributed by atoms with E-state index in [1.807, 2.05) is 102 Å². The fraction of sp³-hybridized carbons (Fsp3) is 0. The van der Waals surface area contributed by atoms with Crippen LogP contribution in [0.5, 0.6) is 0 Å². The van der Waals surface area contributed by atoms with Crippen LogP contribution < -0.4 is 4.90 Å². The van der Waals surface area contributed by atoms with Crippen LogP contribution in [0.3, 0.4) is 0 Å². The predicted octanol–water partition coefficient (Wildman–Crippen LogP) is 14.4. The highest BCUT2D eigenvalue weighted by Crippen LogP contribution is 2.46. The summed E-state index contributed by atoms with van der Waals surface area (Å²) in [6.07, 6.45) is 0. The first kappa shape index (κ1) is 26.0.